The summed E-state index contributed by atoms with van der Waals surface area (Å²) < 4.78 is 5.59. The predicted octanol–water partition coefficient (Wildman–Crippen LogP) is 3.01. The third-order valence-corrected chi connectivity index (χ3v) is 2.87. The van der Waals surface area contributed by atoms with E-state index in [0.29, 0.717) is 22.8 Å². The zero-order valence-corrected chi connectivity index (χ0v) is 12.4. The summed E-state index contributed by atoms with van der Waals surface area (Å²) in [7, 11) is 0. The number of nitrogens with zero attached hydrogens (tertiary/aromatic N) is 1. The molecule has 0 spiro atoms. The normalized spacial score (nSPS) is 10.5. The van der Waals surface area contributed by atoms with Gasteiger partial charge < -0.3 is 15.8 Å². The minimum atomic E-state index is -0.235. The number of ether oxygens (including phenoxy) is 1. The monoisotopic (exact) mass is 285 g/mol. The molecule has 0 atom stereocenters. The molecule has 2 aromatic rings. The van der Waals surface area contributed by atoms with Crippen molar-refractivity contribution in [1.29, 1.82) is 0 Å². The van der Waals surface area contributed by atoms with Gasteiger partial charge in [0, 0.05) is 17.4 Å². The largest absolute Gasteiger partial charge is 0.473 e. The summed E-state index contributed by atoms with van der Waals surface area (Å²) in [6, 6.07) is 8.74. The molecular formula is C16H19N3O2. The zero-order valence-electron chi connectivity index (χ0n) is 12.4. The Labute approximate surface area is 124 Å². The quantitative estimate of drug-likeness (QED) is 0.846. The molecule has 5 nitrogen and oxygen atoms in total. The zero-order chi connectivity index (χ0) is 15.4. The van der Waals surface area contributed by atoms with E-state index in [1.165, 1.54) is 0 Å². The number of hydrogen-bond acceptors (Lipinski definition) is 4. The first-order chi connectivity index (χ1) is 9.97. The minimum Gasteiger partial charge on any atom is -0.473 e. The Hall–Kier alpha value is -2.56. The number of amides is 1. The van der Waals surface area contributed by atoms with Crippen LogP contribution in [0.1, 0.15) is 29.8 Å². The minimum absolute atomic E-state index is 0.0235. The van der Waals surface area contributed by atoms with E-state index in [1.807, 2.05) is 26.8 Å². The molecule has 5 heteroatoms. The van der Waals surface area contributed by atoms with Crippen molar-refractivity contribution in [3.63, 3.8) is 0 Å². The Morgan fingerprint density at radius 1 is 1.33 bits per heavy atom. The van der Waals surface area contributed by atoms with Crippen molar-refractivity contribution in [3.8, 4) is 5.88 Å². The number of aromatic nitrogens is 1. The van der Waals surface area contributed by atoms with E-state index in [0.717, 1.165) is 5.56 Å². The lowest BCUT2D eigenvalue weighted by Crippen LogP contribution is -2.16. The van der Waals surface area contributed by atoms with E-state index in [2.05, 4.69) is 10.3 Å². The van der Waals surface area contributed by atoms with Crippen LogP contribution in [0.3, 0.4) is 0 Å². The molecule has 0 saturated carbocycles. The summed E-state index contributed by atoms with van der Waals surface area (Å²) in [5.74, 6) is 0.170. The Kier molecular flexibility index (Phi) is 4.42. The third-order valence-electron chi connectivity index (χ3n) is 2.87. The van der Waals surface area contributed by atoms with Gasteiger partial charge in [-0.2, -0.15) is 0 Å². The fourth-order valence-electron chi connectivity index (χ4n) is 1.88. The van der Waals surface area contributed by atoms with Crippen molar-refractivity contribution in [2.75, 3.05) is 11.1 Å². The van der Waals surface area contributed by atoms with E-state index < -0.39 is 0 Å². The van der Waals surface area contributed by atoms with E-state index in [9.17, 15) is 4.79 Å². The number of aryl methyl sites for hydroxylation is 1. The number of nitrogen functional groups attached to an aromatic ring is 1. The number of carbonyl (C=O) groups is 1. The van der Waals surface area contributed by atoms with E-state index in [4.69, 9.17) is 10.5 Å². The first-order valence-corrected chi connectivity index (χ1v) is 6.76. The van der Waals surface area contributed by atoms with Gasteiger partial charge in [-0.05, 0) is 50.6 Å². The Balaban J connectivity index is 2.25. The summed E-state index contributed by atoms with van der Waals surface area (Å²) in [5.41, 5.74) is 8.22. The van der Waals surface area contributed by atoms with Gasteiger partial charge in [0.05, 0.1) is 6.10 Å². The molecule has 1 aromatic carbocycles. The van der Waals surface area contributed by atoms with Gasteiger partial charge in [0.2, 0.25) is 5.88 Å². The number of carbonyl (C=O) groups excluding carboxylic acids is 1. The standard InChI is InChI=1S/C16H19N3O2/c1-10(2)21-16-14(5-4-8-18-16)19-15(20)13-9-12(17)7-6-11(13)3/h4-10H,17H2,1-3H3,(H,19,20). The lowest BCUT2D eigenvalue weighted by Gasteiger charge is -2.14. The van der Waals surface area contributed by atoms with E-state index in [1.54, 1.807) is 30.5 Å². The van der Waals surface area contributed by atoms with Crippen LogP contribution in [0.25, 0.3) is 0 Å². The van der Waals surface area contributed by atoms with Gasteiger partial charge in [-0.25, -0.2) is 4.98 Å². The fraction of sp³-hybridized carbons (Fsp3) is 0.250. The lowest BCUT2D eigenvalue weighted by atomic mass is 10.1. The Morgan fingerprint density at radius 2 is 2.10 bits per heavy atom. The van der Waals surface area contributed by atoms with Gasteiger partial charge in [0.1, 0.15) is 5.69 Å². The average molecular weight is 285 g/mol. The highest BCUT2D eigenvalue weighted by Gasteiger charge is 2.13. The molecule has 2 rings (SSSR count). The number of pyridine rings is 1. The molecule has 0 bridgehead atoms. The van der Waals surface area contributed by atoms with Gasteiger partial charge in [0.25, 0.3) is 5.91 Å². The lowest BCUT2D eigenvalue weighted by molar-refractivity contribution is 0.102. The van der Waals surface area contributed by atoms with Crippen molar-refractivity contribution in [1.82, 2.24) is 4.98 Å². The smallest absolute Gasteiger partial charge is 0.256 e. The highest BCUT2D eigenvalue weighted by Crippen LogP contribution is 2.23. The molecule has 0 aliphatic carbocycles. The van der Waals surface area contributed by atoms with Crippen LogP contribution in [-0.4, -0.2) is 17.0 Å². The first kappa shape index (κ1) is 14.8. The molecule has 1 amide bonds. The summed E-state index contributed by atoms with van der Waals surface area (Å²) in [6.07, 6.45) is 1.60. The van der Waals surface area contributed by atoms with Crippen LogP contribution in [0, 0.1) is 6.92 Å². The summed E-state index contributed by atoms with van der Waals surface area (Å²) >= 11 is 0. The summed E-state index contributed by atoms with van der Waals surface area (Å²) in [4.78, 5) is 16.5. The SMILES string of the molecule is Cc1ccc(N)cc1C(=O)Nc1cccnc1OC(C)C. The second kappa shape index (κ2) is 6.26. The number of hydrogen-bond donors (Lipinski definition) is 2. The fourth-order valence-corrected chi connectivity index (χ4v) is 1.88. The summed E-state index contributed by atoms with van der Waals surface area (Å²) in [6.45, 7) is 5.67. The number of nitrogens with one attached hydrogen (secondary N) is 1. The van der Waals surface area contributed by atoms with Crippen molar-refractivity contribution in [2.45, 2.75) is 26.9 Å². The van der Waals surface area contributed by atoms with Crippen LogP contribution < -0.4 is 15.8 Å². The van der Waals surface area contributed by atoms with Gasteiger partial charge in [-0.1, -0.05) is 6.07 Å². The topological polar surface area (TPSA) is 77.2 Å². The number of nitrogens with two attached hydrogens (primary N) is 1. The highest BCUT2D eigenvalue weighted by atomic mass is 16.5. The number of anilines is 2. The maximum atomic E-state index is 12.4. The van der Waals surface area contributed by atoms with Crippen LogP contribution in [0.15, 0.2) is 36.5 Å². The molecule has 0 aliphatic rings. The van der Waals surface area contributed by atoms with Crippen molar-refractivity contribution in [3.05, 3.63) is 47.7 Å². The molecule has 110 valence electrons. The molecular weight excluding hydrogens is 266 g/mol. The van der Waals surface area contributed by atoms with Gasteiger partial charge in [-0.15, -0.1) is 0 Å². The van der Waals surface area contributed by atoms with Crippen LogP contribution in [-0.2, 0) is 0 Å². The van der Waals surface area contributed by atoms with Crippen molar-refractivity contribution < 1.29 is 9.53 Å². The predicted molar refractivity (Wildman–Crippen MR) is 83.5 cm³/mol. The van der Waals surface area contributed by atoms with Crippen molar-refractivity contribution >= 4 is 17.3 Å². The maximum Gasteiger partial charge on any atom is 0.256 e. The number of rotatable bonds is 4. The molecule has 0 aliphatic heterocycles. The molecule has 0 unspecified atom stereocenters. The molecule has 3 N–H and O–H groups in total. The average Bonchev–Trinajstić information content (AvgIpc) is 2.43. The third kappa shape index (κ3) is 3.72. The second-order valence-electron chi connectivity index (χ2n) is 5.05. The second-order valence-corrected chi connectivity index (χ2v) is 5.05. The van der Waals surface area contributed by atoms with E-state index >= 15 is 0 Å². The maximum absolute atomic E-state index is 12.4. The molecule has 1 aromatic heterocycles. The van der Waals surface area contributed by atoms with Crippen LogP contribution in [0.5, 0.6) is 5.88 Å². The van der Waals surface area contributed by atoms with Crippen LogP contribution in [0.4, 0.5) is 11.4 Å². The molecule has 0 radical (unpaired) electrons. The number of benzene rings is 1. The highest BCUT2D eigenvalue weighted by molar-refractivity contribution is 6.06. The van der Waals surface area contributed by atoms with E-state index in [-0.39, 0.29) is 12.0 Å². The Bertz CT molecular complexity index is 654. The molecule has 1 heterocycles. The van der Waals surface area contributed by atoms with Gasteiger partial charge >= 0.3 is 0 Å². The Morgan fingerprint density at radius 3 is 2.81 bits per heavy atom. The van der Waals surface area contributed by atoms with Crippen LogP contribution >= 0.6 is 0 Å². The first-order valence-electron chi connectivity index (χ1n) is 6.76. The van der Waals surface area contributed by atoms with Crippen LogP contribution in [0.2, 0.25) is 0 Å². The molecule has 0 fully saturated rings. The van der Waals surface area contributed by atoms with Gasteiger partial charge in [0.15, 0.2) is 0 Å². The van der Waals surface area contributed by atoms with Crippen molar-refractivity contribution in [2.24, 2.45) is 0 Å². The summed E-state index contributed by atoms with van der Waals surface area (Å²) in [5, 5.41) is 2.82. The van der Waals surface area contributed by atoms with Gasteiger partial charge in [-0.3, -0.25) is 4.79 Å². The molecule has 21 heavy (non-hydrogen) atoms. The molecule has 0 saturated heterocycles.